The molecule has 1 fully saturated rings. The highest BCUT2D eigenvalue weighted by atomic mass is 28.2. The number of hydrogen-bond acceptors (Lipinski definition) is 2. The predicted octanol–water partition coefficient (Wildman–Crippen LogP) is 2.26. The molecule has 0 atom stereocenters. The Morgan fingerprint density at radius 3 is 2.14 bits per heavy atom. The Morgan fingerprint density at radius 2 is 1.64 bits per heavy atom. The number of ether oxygens (including phenoxy) is 2. The number of hydrogen-bond donors (Lipinski definition) is 0. The second-order valence-electron chi connectivity index (χ2n) is 4.08. The third-order valence-corrected chi connectivity index (χ3v) is 5.30. The largest absolute Gasteiger partial charge is 0.357 e. The lowest BCUT2D eigenvalue weighted by atomic mass is 10.0. The van der Waals surface area contributed by atoms with E-state index in [1.165, 1.54) is 32.1 Å². The van der Waals surface area contributed by atoms with E-state index in [2.05, 4.69) is 13.8 Å². The van der Waals surface area contributed by atoms with E-state index in [1.807, 2.05) is 0 Å². The van der Waals surface area contributed by atoms with Gasteiger partial charge in [0.15, 0.2) is 0 Å². The van der Waals surface area contributed by atoms with Gasteiger partial charge in [-0.2, -0.15) is 0 Å². The van der Waals surface area contributed by atoms with Gasteiger partial charge in [0, 0.05) is 13.2 Å². The first-order valence-corrected chi connectivity index (χ1v) is 7.73. The second-order valence-corrected chi connectivity index (χ2v) is 6.37. The maximum Gasteiger partial charge on any atom is 0.135 e. The average molecular weight is 216 g/mol. The highest BCUT2D eigenvalue weighted by Gasteiger charge is 2.19. The molecule has 14 heavy (non-hydrogen) atoms. The molecule has 3 heteroatoms. The first-order valence-electron chi connectivity index (χ1n) is 6.10. The van der Waals surface area contributed by atoms with E-state index in [9.17, 15) is 0 Å². The van der Waals surface area contributed by atoms with Crippen LogP contribution in [0.2, 0.25) is 5.54 Å². The smallest absolute Gasteiger partial charge is 0.135 e. The van der Waals surface area contributed by atoms with Gasteiger partial charge in [0.1, 0.15) is 5.91 Å². The third kappa shape index (κ3) is 4.58. The minimum absolute atomic E-state index is 0.187. The van der Waals surface area contributed by atoms with Crippen molar-refractivity contribution in [1.29, 1.82) is 0 Å². The topological polar surface area (TPSA) is 18.5 Å². The molecular weight excluding hydrogens is 192 g/mol. The summed E-state index contributed by atoms with van der Waals surface area (Å²) in [5, 5.41) is 0. The Labute approximate surface area is 90.2 Å². The zero-order chi connectivity index (χ0) is 10.2. The van der Waals surface area contributed by atoms with Crippen molar-refractivity contribution in [3.63, 3.8) is 0 Å². The van der Waals surface area contributed by atoms with E-state index in [1.54, 1.807) is 0 Å². The molecule has 1 rings (SSSR count). The van der Waals surface area contributed by atoms with Crippen molar-refractivity contribution in [2.75, 3.05) is 13.2 Å². The molecule has 0 bridgehead atoms. The number of rotatable bonds is 6. The van der Waals surface area contributed by atoms with Crippen LogP contribution in [0.3, 0.4) is 0 Å². The van der Waals surface area contributed by atoms with Crippen LogP contribution in [0.4, 0.5) is 0 Å². The van der Waals surface area contributed by atoms with Crippen molar-refractivity contribution < 1.29 is 9.47 Å². The van der Waals surface area contributed by atoms with E-state index >= 15 is 0 Å². The summed E-state index contributed by atoms with van der Waals surface area (Å²) in [5.74, 6) is 0.188. The average Bonchev–Trinajstić information content (AvgIpc) is 2.20. The van der Waals surface area contributed by atoms with Crippen molar-refractivity contribution in [2.24, 2.45) is 0 Å². The zero-order valence-electron chi connectivity index (χ0n) is 9.63. The van der Waals surface area contributed by atoms with Crippen LogP contribution < -0.4 is 0 Å². The molecule has 1 aliphatic carbocycles. The molecule has 0 radical (unpaired) electrons. The Morgan fingerprint density at radius 1 is 1.07 bits per heavy atom. The summed E-state index contributed by atoms with van der Waals surface area (Å²) in [4.78, 5) is 0. The Hall–Kier alpha value is 0.137. The molecule has 0 aromatic carbocycles. The van der Waals surface area contributed by atoms with Gasteiger partial charge in [-0.25, -0.2) is 0 Å². The molecule has 0 aromatic rings. The van der Waals surface area contributed by atoms with Crippen molar-refractivity contribution in [3.8, 4) is 0 Å². The zero-order valence-corrected chi connectivity index (χ0v) is 11.0. The Bertz CT molecular complexity index is 129. The highest BCUT2D eigenvalue weighted by molar-refractivity contribution is 6.38. The fourth-order valence-corrected chi connectivity index (χ4v) is 4.59. The normalized spacial score (nSPS) is 19.9. The van der Waals surface area contributed by atoms with E-state index < -0.39 is 0 Å². The molecule has 84 valence electrons. The molecule has 0 saturated heterocycles. The molecule has 2 nitrogen and oxygen atoms in total. The van der Waals surface area contributed by atoms with Crippen molar-refractivity contribution in [1.82, 2.24) is 0 Å². The van der Waals surface area contributed by atoms with Crippen molar-refractivity contribution >= 4 is 9.52 Å². The van der Waals surface area contributed by atoms with Gasteiger partial charge in [-0.15, -0.1) is 0 Å². The van der Waals surface area contributed by atoms with E-state index in [4.69, 9.17) is 9.47 Å². The fourth-order valence-electron chi connectivity index (χ4n) is 2.25. The van der Waals surface area contributed by atoms with Gasteiger partial charge in [0.2, 0.25) is 0 Å². The van der Waals surface area contributed by atoms with Crippen LogP contribution in [0, 0.1) is 0 Å². The summed E-state index contributed by atoms with van der Waals surface area (Å²) >= 11 is 0. The maximum atomic E-state index is 5.62. The van der Waals surface area contributed by atoms with Crippen LogP contribution in [0.25, 0.3) is 0 Å². The molecule has 0 heterocycles. The first-order chi connectivity index (χ1) is 6.86. The van der Waals surface area contributed by atoms with Crippen molar-refractivity contribution in [2.45, 2.75) is 57.4 Å². The Kier molecular flexibility index (Phi) is 6.48. The summed E-state index contributed by atoms with van der Waals surface area (Å²) in [6.07, 6.45) is 7.18. The quantitative estimate of drug-likeness (QED) is 0.501. The molecular formula is C11H24O2Si. The lowest BCUT2D eigenvalue weighted by molar-refractivity contribution is -0.0836. The molecule has 1 saturated carbocycles. The summed E-state index contributed by atoms with van der Waals surface area (Å²) < 4.78 is 11.2. The molecule has 1 aliphatic rings. The van der Waals surface area contributed by atoms with Crippen LogP contribution in [0.15, 0.2) is 0 Å². The van der Waals surface area contributed by atoms with Gasteiger partial charge in [0.05, 0.1) is 9.52 Å². The molecule has 0 spiro atoms. The van der Waals surface area contributed by atoms with Crippen molar-refractivity contribution in [3.05, 3.63) is 0 Å². The van der Waals surface area contributed by atoms with Crippen LogP contribution >= 0.6 is 0 Å². The van der Waals surface area contributed by atoms with Crippen LogP contribution in [0.1, 0.15) is 46.0 Å². The summed E-state index contributed by atoms with van der Waals surface area (Å²) in [6, 6.07) is 0. The van der Waals surface area contributed by atoms with Gasteiger partial charge < -0.3 is 9.47 Å². The van der Waals surface area contributed by atoms with Crippen LogP contribution in [-0.2, 0) is 9.47 Å². The van der Waals surface area contributed by atoms with Crippen LogP contribution in [0.5, 0.6) is 0 Å². The first kappa shape index (κ1) is 12.2. The lowest BCUT2D eigenvalue weighted by Crippen LogP contribution is -2.28. The molecule has 0 aliphatic heterocycles. The molecule has 0 unspecified atom stereocenters. The molecule has 0 N–H and O–H groups in total. The van der Waals surface area contributed by atoms with Gasteiger partial charge in [-0.1, -0.05) is 32.1 Å². The second kappa shape index (κ2) is 7.43. The Balaban J connectivity index is 2.21. The minimum atomic E-state index is -0.187. The van der Waals surface area contributed by atoms with Gasteiger partial charge >= 0.3 is 0 Å². The van der Waals surface area contributed by atoms with Gasteiger partial charge in [0.25, 0.3) is 0 Å². The fraction of sp³-hybridized carbons (Fsp3) is 1.00. The van der Waals surface area contributed by atoms with E-state index in [-0.39, 0.29) is 15.4 Å². The van der Waals surface area contributed by atoms with E-state index in [0.29, 0.717) is 0 Å². The molecule has 0 amide bonds. The summed E-state index contributed by atoms with van der Waals surface area (Å²) in [7, 11) is -0.187. The lowest BCUT2D eigenvalue weighted by Gasteiger charge is -2.25. The predicted molar refractivity (Wildman–Crippen MR) is 62.4 cm³/mol. The standard InChI is InChI=1S/C11H24O2Si/c1-3-12-11(13-4-2)14-10-8-6-5-7-9-10/h10-11H,3-9,14H2,1-2H3. The summed E-state index contributed by atoms with van der Waals surface area (Å²) in [5.41, 5.74) is 0.979. The van der Waals surface area contributed by atoms with Gasteiger partial charge in [-0.05, 0) is 19.4 Å². The SMILES string of the molecule is CCOC(OCC)[SiH2]C1CCCCC1. The summed E-state index contributed by atoms with van der Waals surface area (Å²) in [6.45, 7) is 5.71. The van der Waals surface area contributed by atoms with Crippen LogP contribution in [-0.4, -0.2) is 28.6 Å². The highest BCUT2D eigenvalue weighted by Crippen LogP contribution is 2.28. The maximum absolute atomic E-state index is 5.62. The molecule has 0 aromatic heterocycles. The monoisotopic (exact) mass is 216 g/mol. The third-order valence-electron chi connectivity index (χ3n) is 2.96. The van der Waals surface area contributed by atoms with E-state index in [0.717, 1.165) is 18.8 Å². The minimum Gasteiger partial charge on any atom is -0.357 e. The van der Waals surface area contributed by atoms with Gasteiger partial charge in [-0.3, -0.25) is 0 Å².